The average Bonchev–Trinajstić information content (AvgIpc) is 2.91. The summed E-state index contributed by atoms with van der Waals surface area (Å²) in [6.07, 6.45) is 2.63. The number of hydrogen-bond acceptors (Lipinski definition) is 4. The molecule has 0 aliphatic rings. The molecule has 2 aromatic rings. The quantitative estimate of drug-likeness (QED) is 0.582. The summed E-state index contributed by atoms with van der Waals surface area (Å²) in [5.74, 6) is 0.891. The number of carbonyl (C=O) groups is 1. The Bertz CT molecular complexity index is 600. The Labute approximate surface area is 131 Å². The third-order valence-electron chi connectivity index (χ3n) is 3.36. The zero-order valence-corrected chi connectivity index (χ0v) is 13.5. The second kappa shape index (κ2) is 7.20. The lowest BCUT2D eigenvalue weighted by Crippen LogP contribution is -2.20. The van der Waals surface area contributed by atoms with E-state index in [9.17, 15) is 4.79 Å². The van der Waals surface area contributed by atoms with Gasteiger partial charge in [-0.15, -0.1) is 5.10 Å². The zero-order chi connectivity index (χ0) is 16.0. The number of aldehydes is 1. The minimum absolute atomic E-state index is 0.152. The van der Waals surface area contributed by atoms with Crippen LogP contribution in [0.2, 0.25) is 0 Å². The van der Waals surface area contributed by atoms with E-state index in [1.165, 1.54) is 0 Å². The molecule has 5 nitrogen and oxygen atoms in total. The summed E-state index contributed by atoms with van der Waals surface area (Å²) in [5.41, 5.74) is 1.18. The summed E-state index contributed by atoms with van der Waals surface area (Å²) in [6, 6.07) is 9.79. The van der Waals surface area contributed by atoms with E-state index in [4.69, 9.17) is 4.74 Å². The Morgan fingerprint density at radius 1 is 1.18 bits per heavy atom. The molecule has 5 heteroatoms. The fourth-order valence-electron chi connectivity index (χ4n) is 2.40. The molecule has 0 saturated carbocycles. The second-order valence-corrected chi connectivity index (χ2v) is 6.28. The summed E-state index contributed by atoms with van der Waals surface area (Å²) in [5, 5.41) is 8.07. The van der Waals surface area contributed by atoms with E-state index >= 15 is 0 Å². The van der Waals surface area contributed by atoms with Gasteiger partial charge in [-0.25, -0.2) is 4.68 Å². The van der Waals surface area contributed by atoms with Crippen molar-refractivity contribution < 1.29 is 9.53 Å². The molecule has 0 saturated heterocycles. The number of aromatic nitrogens is 3. The molecule has 0 spiro atoms. The topological polar surface area (TPSA) is 57.0 Å². The van der Waals surface area contributed by atoms with Gasteiger partial charge in [0.25, 0.3) is 0 Å². The van der Waals surface area contributed by atoms with Crippen molar-refractivity contribution in [3.63, 3.8) is 0 Å². The molecule has 0 fully saturated rings. The number of ether oxygens (including phenoxy) is 1. The summed E-state index contributed by atoms with van der Waals surface area (Å²) >= 11 is 0. The van der Waals surface area contributed by atoms with Crippen molar-refractivity contribution in [2.75, 3.05) is 6.61 Å². The molecule has 1 aromatic carbocycles. The van der Waals surface area contributed by atoms with Crippen LogP contribution in [0.25, 0.3) is 0 Å². The Balaban J connectivity index is 1.85. The molecule has 118 valence electrons. The minimum atomic E-state index is -0.152. The van der Waals surface area contributed by atoms with Crippen LogP contribution < -0.4 is 4.74 Å². The molecule has 0 radical (unpaired) electrons. The number of hydrogen-bond donors (Lipinski definition) is 0. The van der Waals surface area contributed by atoms with Crippen LogP contribution in [0.5, 0.6) is 5.75 Å². The van der Waals surface area contributed by atoms with E-state index in [0.717, 1.165) is 37.1 Å². The molecule has 0 N–H and O–H groups in total. The van der Waals surface area contributed by atoms with E-state index in [1.54, 1.807) is 0 Å². The molecule has 0 amide bonds. The summed E-state index contributed by atoms with van der Waals surface area (Å²) < 4.78 is 7.51. The van der Waals surface area contributed by atoms with Crippen molar-refractivity contribution in [3.8, 4) is 5.75 Å². The lowest BCUT2D eigenvalue weighted by atomic mass is 9.90. The van der Waals surface area contributed by atoms with E-state index in [-0.39, 0.29) is 5.41 Å². The number of benzene rings is 1. The van der Waals surface area contributed by atoms with Gasteiger partial charge >= 0.3 is 0 Å². The van der Waals surface area contributed by atoms with Crippen molar-refractivity contribution in [1.29, 1.82) is 0 Å². The Morgan fingerprint density at radius 2 is 1.91 bits per heavy atom. The largest absolute Gasteiger partial charge is 0.494 e. The molecule has 2 rings (SSSR count). The standard InChI is InChI=1S/C17H23N3O2/c1-17(2,3)16-15(13-21)18-19-20(16)11-7-8-12-22-14-9-5-4-6-10-14/h4-6,9-10,13H,7-8,11-12H2,1-3H3. The van der Waals surface area contributed by atoms with E-state index < -0.39 is 0 Å². The third-order valence-corrected chi connectivity index (χ3v) is 3.36. The van der Waals surface area contributed by atoms with Gasteiger partial charge < -0.3 is 4.74 Å². The normalized spacial score (nSPS) is 11.4. The molecular weight excluding hydrogens is 278 g/mol. The summed E-state index contributed by atoms with van der Waals surface area (Å²) in [7, 11) is 0. The fraction of sp³-hybridized carbons (Fsp3) is 0.471. The predicted molar refractivity (Wildman–Crippen MR) is 85.3 cm³/mol. The Kier molecular flexibility index (Phi) is 5.31. The highest BCUT2D eigenvalue weighted by atomic mass is 16.5. The molecule has 0 unspecified atom stereocenters. The highest BCUT2D eigenvalue weighted by Gasteiger charge is 2.24. The van der Waals surface area contributed by atoms with Crippen molar-refractivity contribution in [2.24, 2.45) is 0 Å². The van der Waals surface area contributed by atoms with Gasteiger partial charge in [-0.1, -0.05) is 44.2 Å². The van der Waals surface area contributed by atoms with Crippen LogP contribution in [0.1, 0.15) is 49.8 Å². The first-order valence-electron chi connectivity index (χ1n) is 7.59. The highest BCUT2D eigenvalue weighted by Crippen LogP contribution is 2.24. The van der Waals surface area contributed by atoms with Crippen LogP contribution in [0, 0.1) is 0 Å². The SMILES string of the molecule is CC(C)(C)c1c(C=O)nnn1CCCCOc1ccccc1. The van der Waals surface area contributed by atoms with Gasteiger partial charge in [0.05, 0.1) is 12.3 Å². The van der Waals surface area contributed by atoms with E-state index in [0.29, 0.717) is 12.3 Å². The number of nitrogens with zero attached hydrogens (tertiary/aromatic N) is 3. The van der Waals surface area contributed by atoms with Crippen molar-refractivity contribution in [2.45, 2.75) is 45.6 Å². The average molecular weight is 301 g/mol. The van der Waals surface area contributed by atoms with Gasteiger partial charge in [-0.3, -0.25) is 4.79 Å². The maximum atomic E-state index is 11.1. The zero-order valence-electron chi connectivity index (χ0n) is 13.5. The van der Waals surface area contributed by atoms with Gasteiger partial charge in [-0.05, 0) is 25.0 Å². The van der Waals surface area contributed by atoms with Crippen molar-refractivity contribution in [1.82, 2.24) is 15.0 Å². The third kappa shape index (κ3) is 4.16. The molecule has 0 bridgehead atoms. The number of para-hydroxylation sites is 1. The van der Waals surface area contributed by atoms with Crippen LogP contribution in [0.3, 0.4) is 0 Å². The lowest BCUT2D eigenvalue weighted by Gasteiger charge is -2.20. The first-order chi connectivity index (χ1) is 10.5. The highest BCUT2D eigenvalue weighted by molar-refractivity contribution is 5.73. The van der Waals surface area contributed by atoms with Crippen LogP contribution in [0.4, 0.5) is 0 Å². The monoisotopic (exact) mass is 301 g/mol. The maximum Gasteiger partial charge on any atom is 0.172 e. The summed E-state index contributed by atoms with van der Waals surface area (Å²) in [4.78, 5) is 11.1. The lowest BCUT2D eigenvalue weighted by molar-refractivity contribution is 0.111. The second-order valence-electron chi connectivity index (χ2n) is 6.28. The molecule has 22 heavy (non-hydrogen) atoms. The molecule has 0 aliphatic heterocycles. The number of aryl methyl sites for hydroxylation is 1. The first-order valence-corrected chi connectivity index (χ1v) is 7.59. The smallest absolute Gasteiger partial charge is 0.172 e. The molecule has 1 aromatic heterocycles. The number of carbonyl (C=O) groups excluding carboxylic acids is 1. The predicted octanol–water partition coefficient (Wildman–Crippen LogP) is 3.25. The summed E-state index contributed by atoms with van der Waals surface area (Å²) in [6.45, 7) is 7.60. The van der Waals surface area contributed by atoms with Gasteiger partial charge in [0.15, 0.2) is 6.29 Å². The maximum absolute atomic E-state index is 11.1. The van der Waals surface area contributed by atoms with E-state index in [1.807, 2.05) is 35.0 Å². The number of rotatable bonds is 7. The van der Waals surface area contributed by atoms with Gasteiger partial charge in [0, 0.05) is 12.0 Å². The van der Waals surface area contributed by atoms with Crippen LogP contribution in [0.15, 0.2) is 30.3 Å². The van der Waals surface area contributed by atoms with Crippen molar-refractivity contribution >= 4 is 6.29 Å². The van der Waals surface area contributed by atoms with E-state index in [2.05, 4.69) is 31.1 Å². The number of unbranched alkanes of at least 4 members (excludes halogenated alkanes) is 1. The molecular formula is C17H23N3O2. The molecule has 0 atom stereocenters. The Morgan fingerprint density at radius 3 is 2.55 bits per heavy atom. The fourth-order valence-corrected chi connectivity index (χ4v) is 2.40. The van der Waals surface area contributed by atoms with Gasteiger partial charge in [0.1, 0.15) is 11.4 Å². The van der Waals surface area contributed by atoms with Crippen LogP contribution in [-0.4, -0.2) is 27.9 Å². The first kappa shape index (κ1) is 16.2. The van der Waals surface area contributed by atoms with Crippen molar-refractivity contribution in [3.05, 3.63) is 41.7 Å². The molecule has 1 heterocycles. The van der Waals surface area contributed by atoms with Crippen LogP contribution >= 0.6 is 0 Å². The van der Waals surface area contributed by atoms with Crippen LogP contribution in [-0.2, 0) is 12.0 Å². The van der Waals surface area contributed by atoms with Gasteiger partial charge in [-0.2, -0.15) is 0 Å². The van der Waals surface area contributed by atoms with Gasteiger partial charge in [0.2, 0.25) is 0 Å². The Hall–Kier alpha value is -2.17. The molecule has 0 aliphatic carbocycles. The minimum Gasteiger partial charge on any atom is -0.494 e.